The van der Waals surface area contributed by atoms with Crippen molar-refractivity contribution in [3.63, 3.8) is 0 Å². The van der Waals surface area contributed by atoms with Crippen LogP contribution >= 0.6 is 0 Å². The van der Waals surface area contributed by atoms with Gasteiger partial charge in [-0.15, -0.1) is 0 Å². The minimum atomic E-state index is -0.266. The lowest BCUT2D eigenvalue weighted by molar-refractivity contribution is -0.136. The fourth-order valence-corrected chi connectivity index (χ4v) is 4.67. The maximum Gasteiger partial charge on any atom is 0.321 e. The van der Waals surface area contributed by atoms with Gasteiger partial charge in [0.05, 0.1) is 7.11 Å². The highest BCUT2D eigenvalue weighted by Gasteiger charge is 2.34. The Balaban J connectivity index is 1.51. The van der Waals surface area contributed by atoms with Gasteiger partial charge in [0.2, 0.25) is 11.8 Å². The Morgan fingerprint density at radius 3 is 2.45 bits per heavy atom. The average molecular weight is 431 g/mol. The monoisotopic (exact) mass is 430 g/mol. The van der Waals surface area contributed by atoms with Gasteiger partial charge in [0, 0.05) is 50.3 Å². The zero-order valence-electron chi connectivity index (χ0n) is 18.5. The lowest BCUT2D eigenvalue weighted by atomic mass is 9.81. The summed E-state index contributed by atoms with van der Waals surface area (Å²) >= 11 is 0. The van der Waals surface area contributed by atoms with E-state index in [1.165, 1.54) is 0 Å². The molecule has 31 heavy (non-hydrogen) atoms. The highest BCUT2D eigenvalue weighted by molar-refractivity contribution is 5.89. The molecule has 0 saturated carbocycles. The van der Waals surface area contributed by atoms with Crippen molar-refractivity contribution in [2.75, 3.05) is 38.6 Å². The molecule has 2 fully saturated rings. The topological polar surface area (TPSA) is 105 Å². The van der Waals surface area contributed by atoms with Crippen LogP contribution in [0.3, 0.4) is 0 Å². The number of urea groups is 1. The predicted octanol–water partition coefficient (Wildman–Crippen LogP) is 2.69. The standard InChI is InChI=1S/C23H34N4O4/c1-3-16-15-27(23(30)25-19-5-4-6-20(14-19)31-2)12-9-18(16)13-21(28)26-10-7-17(8-11-26)22(24)29/h4-6,14,16-18H,3,7-13,15H2,1-2H3,(H2,24,29)(H,25,30)/t16-,18+/m1/s1. The molecule has 2 atom stereocenters. The van der Waals surface area contributed by atoms with Crippen LogP contribution in [0.15, 0.2) is 24.3 Å². The van der Waals surface area contributed by atoms with E-state index in [2.05, 4.69) is 12.2 Å². The van der Waals surface area contributed by atoms with Crippen LogP contribution < -0.4 is 15.8 Å². The molecule has 3 rings (SSSR count). The number of methoxy groups -OCH3 is 1. The third-order valence-electron chi connectivity index (χ3n) is 6.71. The number of primary amides is 1. The first-order valence-electron chi connectivity index (χ1n) is 11.2. The van der Waals surface area contributed by atoms with Crippen LogP contribution in [-0.4, -0.2) is 60.9 Å². The lowest BCUT2D eigenvalue weighted by Crippen LogP contribution is -2.47. The number of rotatable bonds is 6. The van der Waals surface area contributed by atoms with Crippen molar-refractivity contribution in [1.82, 2.24) is 9.80 Å². The largest absolute Gasteiger partial charge is 0.497 e. The van der Waals surface area contributed by atoms with Crippen molar-refractivity contribution in [1.29, 1.82) is 0 Å². The van der Waals surface area contributed by atoms with Crippen LogP contribution in [0.5, 0.6) is 5.75 Å². The minimum Gasteiger partial charge on any atom is -0.497 e. The molecule has 2 saturated heterocycles. The molecule has 0 unspecified atom stereocenters. The number of anilines is 1. The number of carbonyl (C=O) groups is 3. The molecule has 0 radical (unpaired) electrons. The van der Waals surface area contributed by atoms with Gasteiger partial charge in [-0.25, -0.2) is 4.79 Å². The first kappa shape index (κ1) is 22.9. The molecule has 4 amide bonds. The van der Waals surface area contributed by atoms with Gasteiger partial charge in [0.25, 0.3) is 0 Å². The third kappa shape index (κ3) is 5.89. The van der Waals surface area contributed by atoms with E-state index < -0.39 is 0 Å². The summed E-state index contributed by atoms with van der Waals surface area (Å²) in [6.45, 7) is 4.60. The number of nitrogens with one attached hydrogen (secondary N) is 1. The summed E-state index contributed by atoms with van der Waals surface area (Å²) in [5, 5.41) is 2.95. The van der Waals surface area contributed by atoms with E-state index in [0.29, 0.717) is 56.9 Å². The van der Waals surface area contributed by atoms with Gasteiger partial charge in [-0.2, -0.15) is 0 Å². The quantitative estimate of drug-likeness (QED) is 0.724. The Morgan fingerprint density at radius 1 is 1.10 bits per heavy atom. The van der Waals surface area contributed by atoms with Crippen LogP contribution in [-0.2, 0) is 9.59 Å². The number of hydrogen-bond acceptors (Lipinski definition) is 4. The van der Waals surface area contributed by atoms with Crippen LogP contribution in [0.1, 0.15) is 39.0 Å². The molecule has 2 heterocycles. The van der Waals surface area contributed by atoms with E-state index in [1.807, 2.05) is 28.0 Å². The molecule has 0 aliphatic carbocycles. The van der Waals surface area contributed by atoms with Crippen LogP contribution in [0, 0.1) is 17.8 Å². The van der Waals surface area contributed by atoms with Crippen molar-refractivity contribution in [3.8, 4) is 5.75 Å². The van der Waals surface area contributed by atoms with Gasteiger partial charge in [0.15, 0.2) is 0 Å². The summed E-state index contributed by atoms with van der Waals surface area (Å²) in [6.07, 6.45) is 3.55. The first-order valence-corrected chi connectivity index (χ1v) is 11.2. The molecule has 170 valence electrons. The number of amides is 4. The second-order valence-electron chi connectivity index (χ2n) is 8.59. The summed E-state index contributed by atoms with van der Waals surface area (Å²) in [4.78, 5) is 40.6. The Kier molecular flexibility index (Phi) is 7.76. The van der Waals surface area contributed by atoms with Crippen molar-refractivity contribution in [2.24, 2.45) is 23.5 Å². The number of hydrogen-bond donors (Lipinski definition) is 2. The van der Waals surface area contributed by atoms with Crippen LogP contribution in [0.2, 0.25) is 0 Å². The smallest absolute Gasteiger partial charge is 0.321 e. The van der Waals surface area contributed by atoms with E-state index in [-0.39, 0.29) is 35.6 Å². The van der Waals surface area contributed by atoms with Crippen LogP contribution in [0.25, 0.3) is 0 Å². The molecule has 1 aromatic carbocycles. The number of nitrogens with two attached hydrogens (primary N) is 1. The number of nitrogens with zero attached hydrogens (tertiary/aromatic N) is 2. The molecular formula is C23H34N4O4. The predicted molar refractivity (Wildman–Crippen MR) is 119 cm³/mol. The fourth-order valence-electron chi connectivity index (χ4n) is 4.67. The molecule has 2 aliphatic heterocycles. The van der Waals surface area contributed by atoms with E-state index in [9.17, 15) is 14.4 Å². The highest BCUT2D eigenvalue weighted by Crippen LogP contribution is 2.31. The molecule has 3 N–H and O–H groups in total. The number of benzene rings is 1. The van der Waals surface area contributed by atoms with Crippen molar-refractivity contribution < 1.29 is 19.1 Å². The van der Waals surface area contributed by atoms with Crippen molar-refractivity contribution in [2.45, 2.75) is 39.0 Å². The van der Waals surface area contributed by atoms with Gasteiger partial charge in [-0.05, 0) is 43.2 Å². The van der Waals surface area contributed by atoms with Gasteiger partial charge in [-0.1, -0.05) is 19.4 Å². The maximum atomic E-state index is 12.8. The molecule has 1 aromatic rings. The first-order chi connectivity index (χ1) is 14.9. The van der Waals surface area contributed by atoms with E-state index >= 15 is 0 Å². The number of likely N-dealkylation sites (tertiary alicyclic amines) is 2. The van der Waals surface area contributed by atoms with E-state index in [4.69, 9.17) is 10.5 Å². The van der Waals surface area contributed by atoms with Crippen molar-refractivity contribution in [3.05, 3.63) is 24.3 Å². The Hall–Kier alpha value is -2.77. The third-order valence-corrected chi connectivity index (χ3v) is 6.71. The highest BCUT2D eigenvalue weighted by atomic mass is 16.5. The second-order valence-corrected chi connectivity index (χ2v) is 8.59. The Labute approximate surface area is 184 Å². The number of carbonyl (C=O) groups excluding carboxylic acids is 3. The average Bonchev–Trinajstić information content (AvgIpc) is 2.79. The normalized spacial score (nSPS) is 22.1. The van der Waals surface area contributed by atoms with E-state index in [1.54, 1.807) is 13.2 Å². The fraction of sp³-hybridized carbons (Fsp3) is 0.609. The Morgan fingerprint density at radius 2 is 1.81 bits per heavy atom. The molecule has 8 heteroatoms. The lowest BCUT2D eigenvalue weighted by Gasteiger charge is -2.39. The number of ether oxygens (including phenoxy) is 1. The molecule has 2 aliphatic rings. The minimum absolute atomic E-state index is 0.112. The second kappa shape index (κ2) is 10.5. The van der Waals surface area contributed by atoms with Gasteiger partial charge in [0.1, 0.15) is 5.75 Å². The molecular weight excluding hydrogens is 396 g/mol. The summed E-state index contributed by atoms with van der Waals surface area (Å²) in [6, 6.07) is 7.19. The van der Waals surface area contributed by atoms with Gasteiger partial charge >= 0.3 is 6.03 Å². The Bertz CT molecular complexity index is 792. The summed E-state index contributed by atoms with van der Waals surface area (Å²) in [5.74, 6) is 1.03. The van der Waals surface area contributed by atoms with E-state index in [0.717, 1.165) is 12.8 Å². The van der Waals surface area contributed by atoms with Gasteiger partial charge < -0.3 is 25.6 Å². The molecule has 8 nitrogen and oxygen atoms in total. The van der Waals surface area contributed by atoms with Crippen LogP contribution in [0.4, 0.5) is 10.5 Å². The molecule has 0 spiro atoms. The summed E-state index contributed by atoms with van der Waals surface area (Å²) < 4.78 is 5.21. The SMILES string of the molecule is CC[C@@H]1CN(C(=O)Nc2cccc(OC)c2)CC[C@H]1CC(=O)N1CCC(C(N)=O)CC1. The zero-order valence-corrected chi connectivity index (χ0v) is 18.5. The molecule has 0 bridgehead atoms. The number of piperidine rings is 2. The maximum absolute atomic E-state index is 12.8. The molecule has 0 aromatic heterocycles. The van der Waals surface area contributed by atoms with Crippen molar-refractivity contribution >= 4 is 23.5 Å². The van der Waals surface area contributed by atoms with Gasteiger partial charge in [-0.3, -0.25) is 9.59 Å². The zero-order chi connectivity index (χ0) is 22.4. The summed E-state index contributed by atoms with van der Waals surface area (Å²) in [5.41, 5.74) is 6.09. The summed E-state index contributed by atoms with van der Waals surface area (Å²) in [7, 11) is 1.60.